The predicted molar refractivity (Wildman–Crippen MR) is 76.6 cm³/mol. The summed E-state index contributed by atoms with van der Waals surface area (Å²) in [5, 5.41) is 12.5. The minimum atomic E-state index is -1.21. The molecule has 0 atom stereocenters. The van der Waals surface area contributed by atoms with Gasteiger partial charge in [-0.2, -0.15) is 0 Å². The summed E-state index contributed by atoms with van der Waals surface area (Å²) in [6.45, 7) is 1.86. The molecule has 0 aliphatic carbocycles. The number of benzene rings is 1. The minimum Gasteiger partial charge on any atom is -0.477 e. The fraction of sp³-hybridized carbons (Fsp3) is 0.286. The normalized spacial score (nSPS) is 15.3. The van der Waals surface area contributed by atoms with Crippen LogP contribution in [0.2, 0.25) is 0 Å². The van der Waals surface area contributed by atoms with Gasteiger partial charge in [0, 0.05) is 36.4 Å². The van der Waals surface area contributed by atoms with E-state index in [-0.39, 0.29) is 5.56 Å². The number of nitrogens with one attached hydrogen (secondary N) is 2. The number of rotatable bonds is 3. The molecule has 6 heteroatoms. The number of H-pyrrole nitrogens is 1. The van der Waals surface area contributed by atoms with E-state index in [2.05, 4.69) is 15.2 Å². The first-order valence-corrected chi connectivity index (χ1v) is 6.41. The highest BCUT2D eigenvalue weighted by Gasteiger charge is 2.25. The molecule has 1 aliphatic rings. The maximum atomic E-state index is 12.0. The van der Waals surface area contributed by atoms with Crippen molar-refractivity contribution in [1.82, 2.24) is 10.3 Å². The Morgan fingerprint density at radius 1 is 1.45 bits per heavy atom. The van der Waals surface area contributed by atoms with E-state index >= 15 is 0 Å². The minimum absolute atomic E-state index is 0.232. The van der Waals surface area contributed by atoms with Crippen LogP contribution >= 0.6 is 0 Å². The van der Waals surface area contributed by atoms with E-state index in [0.29, 0.717) is 16.9 Å². The van der Waals surface area contributed by atoms with Crippen LogP contribution in [0.5, 0.6) is 0 Å². The highest BCUT2D eigenvalue weighted by molar-refractivity contribution is 5.93. The molecule has 20 heavy (non-hydrogen) atoms. The number of hydrogen-bond donors (Lipinski definition) is 3. The van der Waals surface area contributed by atoms with Crippen LogP contribution in [-0.2, 0) is 0 Å². The average Bonchev–Trinajstić information content (AvgIpc) is 2.37. The first kappa shape index (κ1) is 12.7. The number of nitrogens with zero attached hydrogens (tertiary/aromatic N) is 1. The molecular weight excluding hydrogens is 258 g/mol. The Kier molecular flexibility index (Phi) is 2.94. The third kappa shape index (κ3) is 1.94. The van der Waals surface area contributed by atoms with Gasteiger partial charge in [-0.25, -0.2) is 4.79 Å². The number of hydrogen-bond acceptors (Lipinski definition) is 4. The molecule has 3 N–H and O–H groups in total. The van der Waals surface area contributed by atoms with Crippen LogP contribution in [0.4, 0.5) is 5.69 Å². The van der Waals surface area contributed by atoms with Gasteiger partial charge in [-0.1, -0.05) is 0 Å². The van der Waals surface area contributed by atoms with E-state index in [1.807, 2.05) is 19.2 Å². The van der Waals surface area contributed by atoms with Gasteiger partial charge in [-0.05, 0) is 25.2 Å². The van der Waals surface area contributed by atoms with Gasteiger partial charge in [0.25, 0.3) is 0 Å². The Hall–Kier alpha value is -2.34. The summed E-state index contributed by atoms with van der Waals surface area (Å²) in [6.07, 6.45) is 1.25. The lowest BCUT2D eigenvalue weighted by Crippen LogP contribution is -2.57. The summed E-state index contributed by atoms with van der Waals surface area (Å²) >= 11 is 0. The summed E-state index contributed by atoms with van der Waals surface area (Å²) in [5.74, 6) is -1.21. The lowest BCUT2D eigenvalue weighted by molar-refractivity contribution is 0.0695. The van der Waals surface area contributed by atoms with Crippen LogP contribution in [0.3, 0.4) is 0 Å². The molecule has 2 aromatic rings. The Bertz CT molecular complexity index is 732. The van der Waals surface area contributed by atoms with Gasteiger partial charge in [0.1, 0.15) is 5.56 Å². The van der Waals surface area contributed by atoms with Crippen molar-refractivity contribution in [3.05, 3.63) is 40.2 Å². The van der Waals surface area contributed by atoms with Crippen LogP contribution < -0.4 is 15.6 Å². The Morgan fingerprint density at radius 2 is 2.20 bits per heavy atom. The summed E-state index contributed by atoms with van der Waals surface area (Å²) in [4.78, 5) is 28.0. The second-order valence-corrected chi connectivity index (χ2v) is 4.96. The number of aromatic carboxylic acids is 1. The number of fused-ring (bicyclic) bond motifs is 1. The number of aromatic nitrogens is 1. The molecule has 2 heterocycles. The Labute approximate surface area is 115 Å². The average molecular weight is 273 g/mol. The van der Waals surface area contributed by atoms with Gasteiger partial charge in [0.15, 0.2) is 0 Å². The maximum absolute atomic E-state index is 12.0. The quantitative estimate of drug-likeness (QED) is 0.764. The molecule has 1 fully saturated rings. The number of carbonyl (C=O) groups is 1. The van der Waals surface area contributed by atoms with Crippen molar-refractivity contribution in [1.29, 1.82) is 0 Å². The molecule has 1 aliphatic heterocycles. The fourth-order valence-electron chi connectivity index (χ4n) is 2.44. The zero-order valence-electron chi connectivity index (χ0n) is 11.0. The van der Waals surface area contributed by atoms with Crippen molar-refractivity contribution >= 4 is 22.6 Å². The lowest BCUT2D eigenvalue weighted by Gasteiger charge is -2.40. The van der Waals surface area contributed by atoms with E-state index in [9.17, 15) is 9.59 Å². The third-order valence-corrected chi connectivity index (χ3v) is 3.75. The maximum Gasteiger partial charge on any atom is 0.341 e. The highest BCUT2D eigenvalue weighted by atomic mass is 16.4. The van der Waals surface area contributed by atoms with Crippen molar-refractivity contribution in [3.63, 3.8) is 0 Å². The van der Waals surface area contributed by atoms with Gasteiger partial charge in [-0.3, -0.25) is 4.79 Å². The van der Waals surface area contributed by atoms with Crippen LogP contribution in [0.25, 0.3) is 10.9 Å². The predicted octanol–water partition coefficient (Wildman–Crippen LogP) is 0.634. The van der Waals surface area contributed by atoms with Crippen LogP contribution in [-0.4, -0.2) is 42.2 Å². The number of likely N-dealkylation sites (N-methyl/N-ethyl adjacent to an activating group) is 1. The number of pyridine rings is 1. The van der Waals surface area contributed by atoms with Gasteiger partial charge in [-0.15, -0.1) is 0 Å². The molecule has 0 spiro atoms. The topological polar surface area (TPSA) is 85.4 Å². The molecular formula is C14H15N3O3. The second kappa shape index (κ2) is 4.64. The number of aromatic amines is 1. The molecule has 104 valence electrons. The molecule has 0 unspecified atom stereocenters. The molecule has 6 nitrogen and oxygen atoms in total. The first-order valence-electron chi connectivity index (χ1n) is 6.41. The summed E-state index contributed by atoms with van der Waals surface area (Å²) in [6, 6.07) is 5.92. The van der Waals surface area contributed by atoms with Crippen molar-refractivity contribution in [2.45, 2.75) is 6.04 Å². The number of anilines is 1. The van der Waals surface area contributed by atoms with E-state index in [0.717, 1.165) is 18.8 Å². The second-order valence-electron chi connectivity index (χ2n) is 4.96. The molecule has 0 amide bonds. The van der Waals surface area contributed by atoms with Gasteiger partial charge >= 0.3 is 5.97 Å². The Balaban J connectivity index is 1.99. The molecule has 0 radical (unpaired) electrons. The molecule has 0 saturated carbocycles. The summed E-state index contributed by atoms with van der Waals surface area (Å²) < 4.78 is 0. The smallest absolute Gasteiger partial charge is 0.341 e. The van der Waals surface area contributed by atoms with E-state index in [1.165, 1.54) is 6.20 Å². The zero-order chi connectivity index (χ0) is 14.3. The van der Waals surface area contributed by atoms with Crippen molar-refractivity contribution in [2.75, 3.05) is 25.0 Å². The van der Waals surface area contributed by atoms with Crippen molar-refractivity contribution < 1.29 is 9.90 Å². The molecule has 1 aromatic carbocycles. The number of carboxylic acid groups (broad SMARTS) is 1. The van der Waals surface area contributed by atoms with Crippen molar-refractivity contribution in [3.8, 4) is 0 Å². The standard InChI is InChI=1S/C14H15N3O3/c1-15-8-6-17(7-8)9-2-3-10-12(4-9)16-5-11(13(10)18)14(19)20/h2-5,8,15H,6-7H2,1H3,(H,16,18)(H,19,20). The van der Waals surface area contributed by atoms with Gasteiger partial charge in [0.05, 0.1) is 5.52 Å². The molecule has 1 aromatic heterocycles. The van der Waals surface area contributed by atoms with E-state index in [4.69, 9.17) is 5.11 Å². The molecule has 3 rings (SSSR count). The van der Waals surface area contributed by atoms with Crippen LogP contribution in [0.15, 0.2) is 29.2 Å². The Morgan fingerprint density at radius 3 is 2.85 bits per heavy atom. The largest absolute Gasteiger partial charge is 0.477 e. The SMILES string of the molecule is CNC1CN(c2ccc3c(=O)c(C(=O)O)c[nH]c3c2)C1. The summed E-state index contributed by atoms with van der Waals surface area (Å²) in [7, 11) is 1.94. The first-order chi connectivity index (χ1) is 9.60. The lowest BCUT2D eigenvalue weighted by atomic mass is 10.1. The van der Waals surface area contributed by atoms with E-state index < -0.39 is 11.4 Å². The third-order valence-electron chi connectivity index (χ3n) is 3.75. The zero-order valence-corrected chi connectivity index (χ0v) is 11.0. The summed E-state index contributed by atoms with van der Waals surface area (Å²) in [5.41, 5.74) is 1.01. The van der Waals surface area contributed by atoms with Crippen LogP contribution in [0, 0.1) is 0 Å². The van der Waals surface area contributed by atoms with E-state index in [1.54, 1.807) is 6.07 Å². The molecule has 0 bridgehead atoms. The van der Waals surface area contributed by atoms with Crippen molar-refractivity contribution in [2.24, 2.45) is 0 Å². The fourth-order valence-corrected chi connectivity index (χ4v) is 2.44. The molecule has 1 saturated heterocycles. The van der Waals surface area contributed by atoms with Crippen LogP contribution in [0.1, 0.15) is 10.4 Å². The van der Waals surface area contributed by atoms with Gasteiger partial charge < -0.3 is 20.3 Å². The monoisotopic (exact) mass is 273 g/mol. The van der Waals surface area contributed by atoms with Gasteiger partial charge in [0.2, 0.25) is 5.43 Å². The highest BCUT2D eigenvalue weighted by Crippen LogP contribution is 2.23. The number of carboxylic acids is 1.